The second-order valence-electron chi connectivity index (χ2n) is 10.1. The summed E-state index contributed by atoms with van der Waals surface area (Å²) < 4.78 is 39.8. The van der Waals surface area contributed by atoms with Gasteiger partial charge in [-0.15, -0.1) is 0 Å². The van der Waals surface area contributed by atoms with Crippen LogP contribution in [0.2, 0.25) is 0 Å². The molecule has 226 valence electrons. The highest BCUT2D eigenvalue weighted by atomic mass is 32.2. The fraction of sp³-hybridized carbons (Fsp3) is 0.375. The van der Waals surface area contributed by atoms with E-state index in [0.29, 0.717) is 23.8 Å². The number of aryl methyl sites for hydroxylation is 1. The van der Waals surface area contributed by atoms with Gasteiger partial charge in [-0.05, 0) is 88.2 Å². The number of nitrogens with one attached hydrogen (secondary N) is 1. The van der Waals surface area contributed by atoms with Crippen molar-refractivity contribution in [2.75, 3.05) is 24.6 Å². The van der Waals surface area contributed by atoms with E-state index in [-0.39, 0.29) is 23.4 Å². The summed E-state index contributed by atoms with van der Waals surface area (Å²) in [6.45, 7) is 9.28. The maximum atomic E-state index is 14.0. The lowest BCUT2D eigenvalue weighted by Gasteiger charge is -2.32. The minimum Gasteiger partial charge on any atom is -0.497 e. The molecule has 0 aliphatic heterocycles. The van der Waals surface area contributed by atoms with Crippen LogP contribution in [-0.2, 0) is 26.2 Å². The number of anilines is 1. The zero-order valence-electron chi connectivity index (χ0n) is 25.2. The first kappa shape index (κ1) is 32.5. The number of nitrogens with zero attached hydrogens (tertiary/aromatic N) is 2. The van der Waals surface area contributed by atoms with Crippen molar-refractivity contribution in [3.05, 3.63) is 83.9 Å². The molecule has 42 heavy (non-hydrogen) atoms. The van der Waals surface area contributed by atoms with E-state index in [9.17, 15) is 18.0 Å². The first-order valence-corrected chi connectivity index (χ1v) is 15.5. The van der Waals surface area contributed by atoms with Crippen molar-refractivity contribution < 1.29 is 27.5 Å². The Balaban J connectivity index is 2.01. The number of hydrogen-bond donors (Lipinski definition) is 1. The Labute approximate surface area is 249 Å². The van der Waals surface area contributed by atoms with Crippen LogP contribution in [0.5, 0.6) is 11.5 Å². The van der Waals surface area contributed by atoms with Gasteiger partial charge in [0.15, 0.2) is 0 Å². The summed E-state index contributed by atoms with van der Waals surface area (Å²) in [5.74, 6) is 0.364. The van der Waals surface area contributed by atoms with Gasteiger partial charge in [0, 0.05) is 12.6 Å². The van der Waals surface area contributed by atoms with Gasteiger partial charge in [-0.25, -0.2) is 8.42 Å². The third kappa shape index (κ3) is 8.25. The summed E-state index contributed by atoms with van der Waals surface area (Å²) in [5.41, 5.74) is 2.05. The van der Waals surface area contributed by atoms with Crippen LogP contribution in [0.15, 0.2) is 77.7 Å². The number of hydrogen-bond acceptors (Lipinski definition) is 6. The Bertz CT molecular complexity index is 1420. The molecule has 2 atom stereocenters. The summed E-state index contributed by atoms with van der Waals surface area (Å²) in [6, 6.07) is 19.2. The van der Waals surface area contributed by atoms with E-state index in [4.69, 9.17) is 9.47 Å². The predicted molar refractivity (Wildman–Crippen MR) is 164 cm³/mol. The molecule has 0 aliphatic rings. The smallest absolute Gasteiger partial charge is 0.264 e. The number of methoxy groups -OCH3 is 1. The minimum absolute atomic E-state index is 0.0172. The summed E-state index contributed by atoms with van der Waals surface area (Å²) in [7, 11) is -2.60. The minimum atomic E-state index is -4.16. The van der Waals surface area contributed by atoms with Crippen LogP contribution in [0.3, 0.4) is 0 Å². The van der Waals surface area contributed by atoms with Gasteiger partial charge in [0.25, 0.3) is 10.0 Å². The molecule has 0 aromatic heterocycles. The Hall–Kier alpha value is -4.05. The van der Waals surface area contributed by atoms with Crippen LogP contribution in [0.25, 0.3) is 0 Å². The number of ether oxygens (including phenoxy) is 2. The number of amides is 2. The molecule has 10 heteroatoms. The maximum Gasteiger partial charge on any atom is 0.264 e. The van der Waals surface area contributed by atoms with Gasteiger partial charge in [0.1, 0.15) is 24.1 Å². The molecule has 0 heterocycles. The monoisotopic (exact) mass is 595 g/mol. The van der Waals surface area contributed by atoms with Crippen LogP contribution < -0.4 is 19.1 Å². The first-order valence-electron chi connectivity index (χ1n) is 14.0. The number of sulfonamides is 1. The van der Waals surface area contributed by atoms with Crippen molar-refractivity contribution in [1.82, 2.24) is 10.2 Å². The van der Waals surface area contributed by atoms with Crippen LogP contribution in [0, 0.1) is 6.92 Å². The lowest BCUT2D eigenvalue weighted by Crippen LogP contribution is -2.52. The molecular formula is C32H41N3O6S. The molecule has 3 aromatic rings. The Morgan fingerprint density at radius 2 is 1.48 bits per heavy atom. The lowest BCUT2D eigenvalue weighted by molar-refractivity contribution is -0.139. The van der Waals surface area contributed by atoms with Gasteiger partial charge in [-0.1, -0.05) is 36.8 Å². The fourth-order valence-corrected chi connectivity index (χ4v) is 5.63. The third-order valence-electron chi connectivity index (χ3n) is 7.00. The average Bonchev–Trinajstić information content (AvgIpc) is 2.99. The van der Waals surface area contributed by atoms with Gasteiger partial charge in [-0.2, -0.15) is 0 Å². The average molecular weight is 596 g/mol. The van der Waals surface area contributed by atoms with Crippen molar-refractivity contribution in [2.45, 2.75) is 64.6 Å². The number of carbonyl (C=O) groups excluding carboxylic acids is 2. The predicted octanol–water partition coefficient (Wildman–Crippen LogP) is 4.93. The van der Waals surface area contributed by atoms with Crippen LogP contribution in [-0.4, -0.2) is 57.5 Å². The normalized spacial score (nSPS) is 12.6. The molecule has 0 radical (unpaired) electrons. The van der Waals surface area contributed by atoms with Crippen molar-refractivity contribution >= 4 is 27.5 Å². The first-order chi connectivity index (χ1) is 20.0. The van der Waals surface area contributed by atoms with Gasteiger partial charge in [0.2, 0.25) is 11.8 Å². The second-order valence-corrected chi connectivity index (χ2v) is 12.0. The Morgan fingerprint density at radius 1 is 0.881 bits per heavy atom. The molecule has 0 bridgehead atoms. The molecule has 9 nitrogen and oxygen atoms in total. The van der Waals surface area contributed by atoms with Crippen molar-refractivity contribution in [3.63, 3.8) is 0 Å². The standard InChI is InChI=1S/C32H41N3O6S/c1-7-24(4)33-32(37)25(5)34(21-26-11-15-28(40-6)16-12-26)31(36)22-35(27-13-9-23(3)10-14-27)42(38,39)30-19-17-29(18-20-30)41-8-2/h9-20,24-25H,7-8,21-22H2,1-6H3,(H,33,37)/t24-,25+/m0/s1. The number of rotatable bonds is 14. The summed E-state index contributed by atoms with van der Waals surface area (Å²) in [6.07, 6.45) is 0.729. The third-order valence-corrected chi connectivity index (χ3v) is 8.79. The van der Waals surface area contributed by atoms with Gasteiger partial charge >= 0.3 is 0 Å². The molecule has 0 saturated carbocycles. The topological polar surface area (TPSA) is 105 Å². The highest BCUT2D eigenvalue weighted by molar-refractivity contribution is 7.92. The Kier molecular flexibility index (Phi) is 11.4. The van der Waals surface area contributed by atoms with Crippen LogP contribution in [0.4, 0.5) is 5.69 Å². The zero-order chi connectivity index (χ0) is 30.9. The molecule has 3 rings (SSSR count). The molecule has 0 unspecified atom stereocenters. The molecule has 0 spiro atoms. The highest BCUT2D eigenvalue weighted by Crippen LogP contribution is 2.26. The largest absolute Gasteiger partial charge is 0.497 e. The number of carbonyl (C=O) groups is 2. The van der Waals surface area contributed by atoms with Crippen LogP contribution in [0.1, 0.15) is 45.2 Å². The summed E-state index contributed by atoms with van der Waals surface area (Å²) in [5, 5.41) is 2.94. The number of benzene rings is 3. The van der Waals surface area contributed by atoms with Crippen molar-refractivity contribution in [1.29, 1.82) is 0 Å². The molecule has 0 fully saturated rings. The molecule has 3 aromatic carbocycles. The Morgan fingerprint density at radius 3 is 2.02 bits per heavy atom. The highest BCUT2D eigenvalue weighted by Gasteiger charge is 2.32. The lowest BCUT2D eigenvalue weighted by atomic mass is 10.1. The maximum absolute atomic E-state index is 14.0. The van der Waals surface area contributed by atoms with Gasteiger partial charge in [0.05, 0.1) is 24.3 Å². The molecule has 0 saturated heterocycles. The van der Waals surface area contributed by atoms with Gasteiger partial charge in [-0.3, -0.25) is 13.9 Å². The van der Waals surface area contributed by atoms with E-state index in [1.165, 1.54) is 17.0 Å². The molecule has 2 amide bonds. The van der Waals surface area contributed by atoms with E-state index in [1.807, 2.05) is 39.8 Å². The van der Waals surface area contributed by atoms with E-state index >= 15 is 0 Å². The summed E-state index contributed by atoms with van der Waals surface area (Å²) >= 11 is 0. The summed E-state index contributed by atoms with van der Waals surface area (Å²) in [4.78, 5) is 28.6. The van der Waals surface area contributed by atoms with Crippen molar-refractivity contribution in [3.8, 4) is 11.5 Å². The quantitative estimate of drug-likeness (QED) is 0.283. The molecular weight excluding hydrogens is 554 g/mol. The zero-order valence-corrected chi connectivity index (χ0v) is 26.0. The van der Waals surface area contributed by atoms with Crippen LogP contribution >= 0.6 is 0 Å². The van der Waals surface area contributed by atoms with Crippen molar-refractivity contribution in [2.24, 2.45) is 0 Å². The van der Waals surface area contributed by atoms with E-state index in [0.717, 1.165) is 21.9 Å². The van der Waals surface area contributed by atoms with E-state index < -0.39 is 28.5 Å². The molecule has 0 aliphatic carbocycles. The van der Waals surface area contributed by atoms with Gasteiger partial charge < -0.3 is 19.7 Å². The molecule has 1 N–H and O–H groups in total. The van der Waals surface area contributed by atoms with E-state index in [2.05, 4.69) is 5.32 Å². The fourth-order valence-electron chi connectivity index (χ4n) is 4.22. The second kappa shape index (κ2) is 14.7. The van der Waals surface area contributed by atoms with E-state index in [1.54, 1.807) is 62.6 Å². The SMILES string of the molecule is CCOc1ccc(S(=O)(=O)N(CC(=O)N(Cc2ccc(OC)cc2)[C@H](C)C(=O)N[C@@H](C)CC)c2ccc(C)cc2)cc1.